The molecule has 0 aliphatic heterocycles. The number of hydrogen-bond acceptors (Lipinski definition) is 2. The molecule has 1 aliphatic carbocycles. The van der Waals surface area contributed by atoms with Gasteiger partial charge in [-0.15, -0.1) is 0 Å². The second kappa shape index (κ2) is 6.45. The highest BCUT2D eigenvalue weighted by molar-refractivity contribution is 5.85. The standard InChI is InChI=1S/C13H20F3NO3/c1-7(2)10(12(19)20)17-11(18)8-5-3-4-6-9(8)13(14,15)16/h7-10H,3-6H2,1-2H3,(H,17,18)(H,19,20)/t8?,9?,10-/m0/s1. The lowest BCUT2D eigenvalue weighted by molar-refractivity contribution is -0.198. The highest BCUT2D eigenvalue weighted by Gasteiger charge is 2.48. The number of hydrogen-bond donors (Lipinski definition) is 2. The van der Waals surface area contributed by atoms with Crippen molar-refractivity contribution in [3.63, 3.8) is 0 Å². The summed E-state index contributed by atoms with van der Waals surface area (Å²) in [6.07, 6.45) is -3.33. The number of carboxylic acid groups (broad SMARTS) is 1. The van der Waals surface area contributed by atoms with Crippen LogP contribution in [0.2, 0.25) is 0 Å². The van der Waals surface area contributed by atoms with E-state index in [1.807, 2.05) is 0 Å². The Kier molecular flexibility index (Phi) is 5.42. The molecule has 3 atom stereocenters. The first-order valence-electron chi connectivity index (χ1n) is 6.74. The second-order valence-electron chi connectivity index (χ2n) is 5.61. The molecule has 1 saturated carbocycles. The molecule has 4 nitrogen and oxygen atoms in total. The van der Waals surface area contributed by atoms with E-state index in [-0.39, 0.29) is 18.8 Å². The summed E-state index contributed by atoms with van der Waals surface area (Å²) < 4.78 is 38.7. The Labute approximate surface area is 115 Å². The van der Waals surface area contributed by atoms with Crippen molar-refractivity contribution in [1.82, 2.24) is 5.32 Å². The number of amides is 1. The zero-order chi connectivity index (χ0) is 15.5. The fourth-order valence-electron chi connectivity index (χ4n) is 2.61. The minimum Gasteiger partial charge on any atom is -0.480 e. The average Bonchev–Trinajstić information content (AvgIpc) is 2.33. The smallest absolute Gasteiger partial charge is 0.392 e. The summed E-state index contributed by atoms with van der Waals surface area (Å²) in [5, 5.41) is 11.2. The first-order chi connectivity index (χ1) is 9.14. The van der Waals surface area contributed by atoms with Crippen molar-refractivity contribution in [2.24, 2.45) is 17.8 Å². The SMILES string of the molecule is CC(C)[C@H](NC(=O)C1CCCCC1C(F)(F)F)C(=O)O. The van der Waals surface area contributed by atoms with Crippen LogP contribution in [0.1, 0.15) is 39.5 Å². The number of carboxylic acids is 1. The molecule has 7 heteroatoms. The highest BCUT2D eigenvalue weighted by Crippen LogP contribution is 2.41. The number of rotatable bonds is 4. The van der Waals surface area contributed by atoms with Crippen molar-refractivity contribution in [3.8, 4) is 0 Å². The molecule has 0 aromatic carbocycles. The van der Waals surface area contributed by atoms with Crippen LogP contribution in [0.4, 0.5) is 13.2 Å². The molecule has 1 rings (SSSR count). The summed E-state index contributed by atoms with van der Waals surface area (Å²) in [7, 11) is 0. The molecule has 0 bridgehead atoms. The number of alkyl halides is 3. The van der Waals surface area contributed by atoms with E-state index >= 15 is 0 Å². The Bertz CT molecular complexity index is 368. The Morgan fingerprint density at radius 1 is 1.20 bits per heavy atom. The van der Waals surface area contributed by atoms with Gasteiger partial charge in [-0.1, -0.05) is 26.7 Å². The third-order valence-electron chi connectivity index (χ3n) is 3.75. The van der Waals surface area contributed by atoms with Crippen LogP contribution in [-0.4, -0.2) is 29.2 Å². The maximum Gasteiger partial charge on any atom is 0.392 e. The van der Waals surface area contributed by atoms with E-state index in [1.165, 1.54) is 0 Å². The van der Waals surface area contributed by atoms with Gasteiger partial charge in [-0.05, 0) is 18.8 Å². The molecular formula is C13H20F3NO3. The normalized spacial score (nSPS) is 25.3. The first kappa shape index (κ1) is 16.8. The van der Waals surface area contributed by atoms with Crippen LogP contribution in [0.5, 0.6) is 0 Å². The van der Waals surface area contributed by atoms with E-state index in [0.717, 1.165) is 0 Å². The molecule has 1 aliphatic rings. The number of halogens is 3. The predicted molar refractivity (Wildman–Crippen MR) is 65.9 cm³/mol. The van der Waals surface area contributed by atoms with Crippen LogP contribution in [-0.2, 0) is 9.59 Å². The predicted octanol–water partition coefficient (Wildman–Crippen LogP) is 2.58. The van der Waals surface area contributed by atoms with Gasteiger partial charge < -0.3 is 10.4 Å². The molecule has 116 valence electrons. The molecule has 2 N–H and O–H groups in total. The van der Waals surface area contributed by atoms with E-state index in [2.05, 4.69) is 5.32 Å². The molecule has 0 radical (unpaired) electrons. The number of carbonyl (C=O) groups excluding carboxylic acids is 1. The van der Waals surface area contributed by atoms with Crippen LogP contribution in [0.25, 0.3) is 0 Å². The van der Waals surface area contributed by atoms with E-state index in [1.54, 1.807) is 13.8 Å². The lowest BCUT2D eigenvalue weighted by atomic mass is 9.78. The number of carbonyl (C=O) groups is 2. The zero-order valence-electron chi connectivity index (χ0n) is 11.5. The van der Waals surface area contributed by atoms with Gasteiger partial charge >= 0.3 is 12.1 Å². The molecule has 0 heterocycles. The Hall–Kier alpha value is -1.27. The summed E-state index contributed by atoms with van der Waals surface area (Å²) in [5.74, 6) is -5.26. The van der Waals surface area contributed by atoms with Crippen molar-refractivity contribution < 1.29 is 27.9 Å². The zero-order valence-corrected chi connectivity index (χ0v) is 11.5. The van der Waals surface area contributed by atoms with Crippen molar-refractivity contribution in [3.05, 3.63) is 0 Å². The molecule has 1 fully saturated rings. The summed E-state index contributed by atoms with van der Waals surface area (Å²) in [5.41, 5.74) is 0. The Morgan fingerprint density at radius 2 is 1.75 bits per heavy atom. The van der Waals surface area contributed by atoms with E-state index in [9.17, 15) is 22.8 Å². The fraction of sp³-hybridized carbons (Fsp3) is 0.846. The third kappa shape index (κ3) is 4.11. The summed E-state index contributed by atoms with van der Waals surface area (Å²) in [6.45, 7) is 3.20. The third-order valence-corrected chi connectivity index (χ3v) is 3.75. The molecule has 0 spiro atoms. The van der Waals surface area contributed by atoms with Gasteiger partial charge in [-0.2, -0.15) is 13.2 Å². The van der Waals surface area contributed by atoms with E-state index in [4.69, 9.17) is 5.11 Å². The topological polar surface area (TPSA) is 66.4 Å². The van der Waals surface area contributed by atoms with Crippen LogP contribution in [0.3, 0.4) is 0 Å². The van der Waals surface area contributed by atoms with Gasteiger partial charge in [-0.3, -0.25) is 4.79 Å². The molecule has 0 aromatic rings. The maximum absolute atomic E-state index is 12.9. The Balaban J connectivity index is 2.80. The van der Waals surface area contributed by atoms with Gasteiger partial charge in [0.15, 0.2) is 0 Å². The van der Waals surface area contributed by atoms with Crippen molar-refractivity contribution in [2.45, 2.75) is 51.7 Å². The van der Waals surface area contributed by atoms with E-state index < -0.39 is 35.9 Å². The van der Waals surface area contributed by atoms with Crippen LogP contribution in [0.15, 0.2) is 0 Å². The van der Waals surface area contributed by atoms with Crippen molar-refractivity contribution in [1.29, 1.82) is 0 Å². The lowest BCUT2D eigenvalue weighted by Crippen LogP contribution is -2.50. The molecule has 20 heavy (non-hydrogen) atoms. The summed E-state index contributed by atoms with van der Waals surface area (Å²) in [6, 6.07) is -1.15. The minimum atomic E-state index is -4.42. The summed E-state index contributed by atoms with van der Waals surface area (Å²) in [4.78, 5) is 23.0. The minimum absolute atomic E-state index is 0.0684. The molecule has 0 saturated heterocycles. The first-order valence-corrected chi connectivity index (χ1v) is 6.74. The highest BCUT2D eigenvalue weighted by atomic mass is 19.4. The molecular weight excluding hydrogens is 275 g/mol. The fourth-order valence-corrected chi connectivity index (χ4v) is 2.61. The lowest BCUT2D eigenvalue weighted by Gasteiger charge is -2.33. The van der Waals surface area contributed by atoms with Crippen LogP contribution < -0.4 is 5.32 Å². The van der Waals surface area contributed by atoms with Gasteiger partial charge in [0.2, 0.25) is 5.91 Å². The quantitative estimate of drug-likeness (QED) is 0.837. The van der Waals surface area contributed by atoms with Crippen LogP contribution >= 0.6 is 0 Å². The number of nitrogens with one attached hydrogen (secondary N) is 1. The van der Waals surface area contributed by atoms with Crippen LogP contribution in [0, 0.1) is 17.8 Å². The second-order valence-corrected chi connectivity index (χ2v) is 5.61. The summed E-state index contributed by atoms with van der Waals surface area (Å²) >= 11 is 0. The van der Waals surface area contributed by atoms with Crippen molar-refractivity contribution >= 4 is 11.9 Å². The monoisotopic (exact) mass is 295 g/mol. The van der Waals surface area contributed by atoms with Crippen molar-refractivity contribution in [2.75, 3.05) is 0 Å². The van der Waals surface area contributed by atoms with Gasteiger partial charge in [0.25, 0.3) is 0 Å². The maximum atomic E-state index is 12.9. The van der Waals surface area contributed by atoms with Gasteiger partial charge in [0.1, 0.15) is 6.04 Å². The van der Waals surface area contributed by atoms with Gasteiger partial charge in [-0.25, -0.2) is 4.79 Å². The van der Waals surface area contributed by atoms with Gasteiger partial charge in [0, 0.05) is 5.92 Å². The van der Waals surface area contributed by atoms with E-state index in [0.29, 0.717) is 12.8 Å². The Morgan fingerprint density at radius 3 is 2.20 bits per heavy atom. The molecule has 0 aromatic heterocycles. The molecule has 1 amide bonds. The molecule has 2 unspecified atom stereocenters. The largest absolute Gasteiger partial charge is 0.480 e. The average molecular weight is 295 g/mol. The van der Waals surface area contributed by atoms with Gasteiger partial charge in [0.05, 0.1) is 5.92 Å². The number of aliphatic carboxylic acids is 1.